The average molecular weight is 405 g/mol. The normalized spacial score (nSPS) is 11.9. The fourth-order valence-corrected chi connectivity index (χ4v) is 3.36. The van der Waals surface area contributed by atoms with Gasteiger partial charge in [-0.05, 0) is 35.4 Å². The standard InChI is InChI=1S/C20H12ClF3N2O2/c21-14-10-16-15(9-13(14)20(22,23)24)25-19(28)26(16)17-8-12(6-7-18(17)27)11-4-2-1-3-5-11/h1-10,27H,(H,25,28). The van der Waals surface area contributed by atoms with Crippen LogP contribution in [0.4, 0.5) is 13.2 Å². The van der Waals surface area contributed by atoms with Crippen LogP contribution in [0.25, 0.3) is 27.8 Å². The fraction of sp³-hybridized carbons (Fsp3) is 0.0500. The lowest BCUT2D eigenvalue weighted by Crippen LogP contribution is -2.14. The highest BCUT2D eigenvalue weighted by molar-refractivity contribution is 6.32. The molecule has 0 spiro atoms. The van der Waals surface area contributed by atoms with E-state index in [0.717, 1.165) is 27.8 Å². The van der Waals surface area contributed by atoms with Crippen LogP contribution < -0.4 is 5.69 Å². The number of aromatic amines is 1. The molecule has 0 aliphatic carbocycles. The largest absolute Gasteiger partial charge is 0.506 e. The Balaban J connectivity index is 1.96. The third-order valence-electron chi connectivity index (χ3n) is 4.40. The number of fused-ring (bicyclic) bond motifs is 1. The molecule has 1 aromatic heterocycles. The molecule has 4 aromatic rings. The number of aromatic nitrogens is 2. The Hall–Kier alpha value is -3.19. The first kappa shape index (κ1) is 18.2. The van der Waals surface area contributed by atoms with Crippen LogP contribution in [0, 0.1) is 0 Å². The first-order chi connectivity index (χ1) is 13.3. The Morgan fingerprint density at radius 3 is 2.36 bits per heavy atom. The first-order valence-corrected chi connectivity index (χ1v) is 8.54. The van der Waals surface area contributed by atoms with Gasteiger partial charge in [0, 0.05) is 0 Å². The molecule has 8 heteroatoms. The van der Waals surface area contributed by atoms with Gasteiger partial charge in [-0.2, -0.15) is 13.2 Å². The zero-order valence-corrected chi connectivity index (χ0v) is 14.8. The summed E-state index contributed by atoms with van der Waals surface area (Å²) in [7, 11) is 0. The number of alkyl halides is 3. The van der Waals surface area contributed by atoms with Gasteiger partial charge in [0.05, 0.1) is 27.3 Å². The van der Waals surface area contributed by atoms with Gasteiger partial charge >= 0.3 is 11.9 Å². The second-order valence-electron chi connectivity index (χ2n) is 6.18. The molecule has 4 rings (SSSR count). The molecular formula is C20H12ClF3N2O2. The van der Waals surface area contributed by atoms with Gasteiger partial charge in [0.1, 0.15) is 5.75 Å². The van der Waals surface area contributed by atoms with E-state index in [1.54, 1.807) is 12.1 Å². The lowest BCUT2D eigenvalue weighted by atomic mass is 10.0. The third kappa shape index (κ3) is 3.03. The molecule has 0 saturated heterocycles. The van der Waals surface area contributed by atoms with E-state index < -0.39 is 22.5 Å². The SMILES string of the molecule is O=c1[nH]c2cc(C(F)(F)F)c(Cl)cc2n1-c1cc(-c2ccccc2)ccc1O. The Morgan fingerprint density at radius 2 is 1.68 bits per heavy atom. The number of hydrogen-bond donors (Lipinski definition) is 2. The summed E-state index contributed by atoms with van der Waals surface area (Å²) in [5.41, 5.74) is 0.0769. The van der Waals surface area contributed by atoms with Crippen LogP contribution in [-0.4, -0.2) is 14.7 Å². The Bertz CT molecular complexity index is 1240. The number of phenols is 1. The van der Waals surface area contributed by atoms with Crippen LogP contribution in [-0.2, 0) is 6.18 Å². The molecule has 0 saturated carbocycles. The minimum absolute atomic E-state index is 0.0359. The third-order valence-corrected chi connectivity index (χ3v) is 4.71. The highest BCUT2D eigenvalue weighted by Gasteiger charge is 2.34. The number of H-pyrrole nitrogens is 1. The number of halogens is 4. The quantitative estimate of drug-likeness (QED) is 0.472. The maximum atomic E-state index is 13.1. The van der Waals surface area contributed by atoms with E-state index in [9.17, 15) is 23.1 Å². The molecule has 28 heavy (non-hydrogen) atoms. The molecule has 0 amide bonds. The summed E-state index contributed by atoms with van der Waals surface area (Å²) in [5, 5.41) is 9.77. The summed E-state index contributed by atoms with van der Waals surface area (Å²) >= 11 is 5.81. The van der Waals surface area contributed by atoms with E-state index in [0.29, 0.717) is 0 Å². The molecular weight excluding hydrogens is 393 g/mol. The first-order valence-electron chi connectivity index (χ1n) is 8.16. The van der Waals surface area contributed by atoms with Gasteiger partial charge in [0.15, 0.2) is 0 Å². The molecule has 0 fully saturated rings. The summed E-state index contributed by atoms with van der Waals surface area (Å²) in [5.74, 6) is -0.196. The summed E-state index contributed by atoms with van der Waals surface area (Å²) < 4.78 is 40.4. The average Bonchev–Trinajstić information content (AvgIpc) is 2.96. The fourth-order valence-electron chi connectivity index (χ4n) is 3.10. The van der Waals surface area contributed by atoms with E-state index in [-0.39, 0.29) is 22.5 Å². The second-order valence-corrected chi connectivity index (χ2v) is 6.59. The molecule has 1 heterocycles. The van der Waals surface area contributed by atoms with Crippen molar-refractivity contribution in [2.24, 2.45) is 0 Å². The number of aromatic hydroxyl groups is 1. The Labute approximate surface area is 161 Å². The van der Waals surface area contributed by atoms with Crippen molar-refractivity contribution in [2.45, 2.75) is 6.18 Å². The number of benzene rings is 3. The number of rotatable bonds is 2. The van der Waals surface area contributed by atoms with Gasteiger partial charge in [0.25, 0.3) is 0 Å². The molecule has 0 aliphatic heterocycles. The van der Waals surface area contributed by atoms with Crippen molar-refractivity contribution in [3.8, 4) is 22.6 Å². The predicted octanol–water partition coefficient (Wildman–Crippen LogP) is 5.36. The topological polar surface area (TPSA) is 58.0 Å². The summed E-state index contributed by atoms with van der Waals surface area (Å²) in [4.78, 5) is 14.9. The van der Waals surface area contributed by atoms with Crippen molar-refractivity contribution < 1.29 is 18.3 Å². The van der Waals surface area contributed by atoms with Crippen LogP contribution in [0.2, 0.25) is 5.02 Å². The van der Waals surface area contributed by atoms with Gasteiger partial charge in [-0.25, -0.2) is 4.79 Å². The summed E-state index contributed by atoms with van der Waals surface area (Å²) in [6, 6.07) is 15.8. The molecule has 142 valence electrons. The second kappa shape index (κ2) is 6.45. The van der Waals surface area contributed by atoms with Gasteiger partial charge in [-0.15, -0.1) is 0 Å². The Kier molecular flexibility index (Phi) is 4.19. The number of nitrogens with zero attached hydrogens (tertiary/aromatic N) is 1. The molecule has 2 N–H and O–H groups in total. The number of nitrogens with one attached hydrogen (secondary N) is 1. The van der Waals surface area contributed by atoms with Crippen molar-refractivity contribution in [1.29, 1.82) is 0 Å². The highest BCUT2D eigenvalue weighted by Crippen LogP contribution is 2.37. The Morgan fingerprint density at radius 1 is 0.964 bits per heavy atom. The van der Waals surface area contributed by atoms with Crippen molar-refractivity contribution in [3.05, 3.63) is 81.7 Å². The predicted molar refractivity (Wildman–Crippen MR) is 101 cm³/mol. The van der Waals surface area contributed by atoms with Gasteiger partial charge in [0.2, 0.25) is 0 Å². The highest BCUT2D eigenvalue weighted by atomic mass is 35.5. The monoisotopic (exact) mass is 404 g/mol. The zero-order valence-electron chi connectivity index (χ0n) is 14.1. The minimum atomic E-state index is -4.65. The molecule has 4 nitrogen and oxygen atoms in total. The van der Waals surface area contributed by atoms with Gasteiger partial charge in [-0.3, -0.25) is 4.57 Å². The van der Waals surface area contributed by atoms with Crippen molar-refractivity contribution in [2.75, 3.05) is 0 Å². The molecule has 0 radical (unpaired) electrons. The van der Waals surface area contributed by atoms with E-state index in [4.69, 9.17) is 11.6 Å². The number of phenolic OH excluding ortho intramolecular Hbond substituents is 1. The van der Waals surface area contributed by atoms with E-state index in [1.165, 1.54) is 6.07 Å². The maximum Gasteiger partial charge on any atom is 0.417 e. The van der Waals surface area contributed by atoms with Gasteiger partial charge < -0.3 is 10.1 Å². The smallest absolute Gasteiger partial charge is 0.417 e. The van der Waals surface area contributed by atoms with Crippen LogP contribution >= 0.6 is 11.6 Å². The molecule has 0 unspecified atom stereocenters. The maximum absolute atomic E-state index is 13.1. The molecule has 3 aromatic carbocycles. The van der Waals surface area contributed by atoms with Crippen molar-refractivity contribution in [1.82, 2.24) is 9.55 Å². The van der Waals surface area contributed by atoms with Crippen molar-refractivity contribution in [3.63, 3.8) is 0 Å². The lowest BCUT2D eigenvalue weighted by molar-refractivity contribution is -0.137. The van der Waals surface area contributed by atoms with Crippen LogP contribution in [0.15, 0.2) is 65.5 Å². The molecule has 0 aliphatic rings. The molecule has 0 atom stereocenters. The van der Waals surface area contributed by atoms with E-state index in [2.05, 4.69) is 4.98 Å². The van der Waals surface area contributed by atoms with Crippen LogP contribution in [0.5, 0.6) is 5.75 Å². The van der Waals surface area contributed by atoms with Crippen LogP contribution in [0.1, 0.15) is 5.56 Å². The zero-order chi connectivity index (χ0) is 20.1. The van der Waals surface area contributed by atoms with E-state index in [1.807, 2.05) is 30.3 Å². The van der Waals surface area contributed by atoms with Gasteiger partial charge in [-0.1, -0.05) is 48.0 Å². The minimum Gasteiger partial charge on any atom is -0.506 e. The van der Waals surface area contributed by atoms with E-state index >= 15 is 0 Å². The molecule has 0 bridgehead atoms. The number of hydrogen-bond acceptors (Lipinski definition) is 2. The summed E-state index contributed by atoms with van der Waals surface area (Å²) in [6.45, 7) is 0. The summed E-state index contributed by atoms with van der Waals surface area (Å²) in [6.07, 6.45) is -4.65. The van der Waals surface area contributed by atoms with Crippen molar-refractivity contribution >= 4 is 22.6 Å². The lowest BCUT2D eigenvalue weighted by Gasteiger charge is -2.11. The van der Waals surface area contributed by atoms with Crippen LogP contribution in [0.3, 0.4) is 0 Å². The number of imidazole rings is 1.